The van der Waals surface area contributed by atoms with Crippen LogP contribution < -0.4 is 5.32 Å². The lowest BCUT2D eigenvalue weighted by atomic mass is 10.2. The Kier molecular flexibility index (Phi) is 6.69. The molecule has 1 fully saturated rings. The number of hydrogen-bond donors (Lipinski definition) is 1. The first-order chi connectivity index (χ1) is 8.69. The minimum atomic E-state index is 0.116. The fourth-order valence-corrected chi connectivity index (χ4v) is 2.27. The van der Waals surface area contributed by atoms with Crippen molar-refractivity contribution in [3.63, 3.8) is 0 Å². The topological polar surface area (TPSA) is 59.4 Å². The molecule has 1 amide bonds. The normalized spacial score (nSPS) is 18.9. The van der Waals surface area contributed by atoms with Crippen molar-refractivity contribution in [3.8, 4) is 6.07 Å². The molecule has 0 aromatic carbocycles. The molecule has 1 saturated heterocycles. The van der Waals surface area contributed by atoms with E-state index in [4.69, 9.17) is 5.26 Å². The number of hydrogen-bond acceptors (Lipinski definition) is 4. The summed E-state index contributed by atoms with van der Waals surface area (Å²) in [5.41, 5.74) is 0. The van der Waals surface area contributed by atoms with E-state index in [-0.39, 0.29) is 5.91 Å². The van der Waals surface area contributed by atoms with Gasteiger partial charge < -0.3 is 10.2 Å². The highest BCUT2D eigenvalue weighted by Crippen LogP contribution is 2.09. The molecule has 0 spiro atoms. The molecule has 0 aliphatic carbocycles. The molecule has 0 saturated carbocycles. The summed E-state index contributed by atoms with van der Waals surface area (Å²) in [6.45, 7) is 6.13. The lowest BCUT2D eigenvalue weighted by Gasteiger charge is -2.29. The molecular weight excluding hydrogens is 228 g/mol. The molecule has 5 nitrogen and oxygen atoms in total. The minimum absolute atomic E-state index is 0.116. The molecule has 1 unspecified atom stereocenters. The van der Waals surface area contributed by atoms with Gasteiger partial charge in [-0.25, -0.2) is 0 Å². The van der Waals surface area contributed by atoms with Crippen LogP contribution in [0.5, 0.6) is 0 Å². The van der Waals surface area contributed by atoms with E-state index in [9.17, 15) is 4.79 Å². The number of likely N-dealkylation sites (N-methyl/N-ethyl adjacent to an activating group) is 1. The third-order valence-corrected chi connectivity index (χ3v) is 3.38. The van der Waals surface area contributed by atoms with Crippen molar-refractivity contribution < 1.29 is 4.79 Å². The summed E-state index contributed by atoms with van der Waals surface area (Å²) in [6, 6.07) is 2.55. The molecule has 5 heteroatoms. The summed E-state index contributed by atoms with van der Waals surface area (Å²) in [7, 11) is 1.77. The second-order valence-electron chi connectivity index (χ2n) is 4.84. The molecule has 0 radical (unpaired) electrons. The van der Waals surface area contributed by atoms with Gasteiger partial charge in [0.25, 0.3) is 0 Å². The van der Waals surface area contributed by atoms with Gasteiger partial charge in [0.15, 0.2) is 0 Å². The molecule has 0 bridgehead atoms. The van der Waals surface area contributed by atoms with Gasteiger partial charge in [-0.2, -0.15) is 5.26 Å². The average molecular weight is 252 g/mol. The van der Waals surface area contributed by atoms with Crippen molar-refractivity contribution in [3.05, 3.63) is 0 Å². The highest BCUT2D eigenvalue weighted by atomic mass is 16.2. The van der Waals surface area contributed by atoms with Gasteiger partial charge in [-0.05, 0) is 25.9 Å². The van der Waals surface area contributed by atoms with Crippen molar-refractivity contribution in [2.75, 3.05) is 39.8 Å². The Bertz CT molecular complexity index is 294. The van der Waals surface area contributed by atoms with Crippen LogP contribution in [-0.4, -0.2) is 61.5 Å². The smallest absolute Gasteiger partial charge is 0.236 e. The monoisotopic (exact) mass is 252 g/mol. The Hall–Kier alpha value is -1.12. The number of nitrogens with one attached hydrogen (secondary N) is 1. The molecule has 18 heavy (non-hydrogen) atoms. The van der Waals surface area contributed by atoms with Crippen LogP contribution in [0.2, 0.25) is 0 Å². The van der Waals surface area contributed by atoms with E-state index < -0.39 is 0 Å². The second kappa shape index (κ2) is 8.06. The average Bonchev–Trinajstić information content (AvgIpc) is 2.89. The van der Waals surface area contributed by atoms with Crippen molar-refractivity contribution in [1.82, 2.24) is 15.1 Å². The SMILES string of the molecule is CCCN(CC(=O)N(C)CCC#N)C1CCNC1. The number of amides is 1. The first-order valence-electron chi connectivity index (χ1n) is 6.74. The lowest BCUT2D eigenvalue weighted by Crippen LogP contribution is -2.45. The zero-order valence-corrected chi connectivity index (χ0v) is 11.5. The molecule has 1 aliphatic rings. The highest BCUT2D eigenvalue weighted by Gasteiger charge is 2.24. The minimum Gasteiger partial charge on any atom is -0.344 e. The lowest BCUT2D eigenvalue weighted by molar-refractivity contribution is -0.131. The fourth-order valence-electron chi connectivity index (χ4n) is 2.27. The largest absolute Gasteiger partial charge is 0.344 e. The van der Waals surface area contributed by atoms with Crippen LogP contribution in [0.4, 0.5) is 0 Å². The van der Waals surface area contributed by atoms with Crippen LogP contribution in [-0.2, 0) is 4.79 Å². The Balaban J connectivity index is 2.44. The second-order valence-corrected chi connectivity index (χ2v) is 4.84. The quantitative estimate of drug-likeness (QED) is 0.714. The third kappa shape index (κ3) is 4.63. The van der Waals surface area contributed by atoms with E-state index in [0.29, 0.717) is 25.6 Å². The molecular formula is C13H24N4O. The predicted molar refractivity (Wildman–Crippen MR) is 71.0 cm³/mol. The van der Waals surface area contributed by atoms with Crippen LogP contribution in [0, 0.1) is 11.3 Å². The Morgan fingerprint density at radius 1 is 1.50 bits per heavy atom. The number of nitriles is 1. The zero-order valence-electron chi connectivity index (χ0n) is 11.5. The molecule has 0 aromatic heterocycles. The zero-order chi connectivity index (χ0) is 13.4. The van der Waals surface area contributed by atoms with Gasteiger partial charge in [0, 0.05) is 26.2 Å². The third-order valence-electron chi connectivity index (χ3n) is 3.38. The van der Waals surface area contributed by atoms with Gasteiger partial charge in [-0.3, -0.25) is 9.69 Å². The Morgan fingerprint density at radius 2 is 2.28 bits per heavy atom. The summed E-state index contributed by atoms with van der Waals surface area (Å²) in [6.07, 6.45) is 2.59. The van der Waals surface area contributed by atoms with Crippen LogP contribution in [0.3, 0.4) is 0 Å². The predicted octanol–water partition coefficient (Wildman–Crippen LogP) is 0.432. The number of nitrogens with zero attached hydrogens (tertiary/aromatic N) is 3. The summed E-state index contributed by atoms with van der Waals surface area (Å²) in [4.78, 5) is 16.0. The van der Waals surface area contributed by atoms with Crippen LogP contribution in [0.25, 0.3) is 0 Å². The molecule has 1 atom stereocenters. The molecule has 1 heterocycles. The Labute approximate surface area is 110 Å². The summed E-state index contributed by atoms with van der Waals surface area (Å²) in [5.74, 6) is 0.116. The molecule has 1 aliphatic heterocycles. The van der Waals surface area contributed by atoms with Crippen LogP contribution >= 0.6 is 0 Å². The van der Waals surface area contributed by atoms with Gasteiger partial charge in [-0.1, -0.05) is 6.92 Å². The van der Waals surface area contributed by atoms with Crippen molar-refractivity contribution >= 4 is 5.91 Å². The van der Waals surface area contributed by atoms with Crippen LogP contribution in [0.1, 0.15) is 26.2 Å². The van der Waals surface area contributed by atoms with Gasteiger partial charge in [0.05, 0.1) is 19.0 Å². The summed E-state index contributed by atoms with van der Waals surface area (Å²) >= 11 is 0. The van der Waals surface area contributed by atoms with E-state index in [1.54, 1.807) is 11.9 Å². The molecule has 1 rings (SSSR count). The van der Waals surface area contributed by atoms with E-state index in [2.05, 4.69) is 23.2 Å². The standard InChI is InChI=1S/C13H24N4O/c1-3-8-17(12-5-7-15-10-12)11-13(18)16(2)9-4-6-14/h12,15H,3-5,7-11H2,1-2H3. The van der Waals surface area contributed by atoms with Gasteiger partial charge in [0.2, 0.25) is 5.91 Å². The van der Waals surface area contributed by atoms with Crippen LogP contribution in [0.15, 0.2) is 0 Å². The van der Waals surface area contributed by atoms with Gasteiger partial charge in [-0.15, -0.1) is 0 Å². The molecule has 102 valence electrons. The summed E-state index contributed by atoms with van der Waals surface area (Å²) in [5, 5.41) is 11.9. The molecule has 1 N–H and O–H groups in total. The maximum absolute atomic E-state index is 12.0. The molecule has 0 aromatic rings. The first kappa shape index (κ1) is 14.9. The van der Waals surface area contributed by atoms with Crippen molar-refractivity contribution in [1.29, 1.82) is 5.26 Å². The highest BCUT2D eigenvalue weighted by molar-refractivity contribution is 5.78. The number of carbonyl (C=O) groups is 1. The fraction of sp³-hybridized carbons (Fsp3) is 0.846. The van der Waals surface area contributed by atoms with Gasteiger partial charge in [0.1, 0.15) is 0 Å². The van der Waals surface area contributed by atoms with Crippen molar-refractivity contribution in [2.45, 2.75) is 32.2 Å². The van der Waals surface area contributed by atoms with E-state index >= 15 is 0 Å². The number of carbonyl (C=O) groups excluding carboxylic acids is 1. The van der Waals surface area contributed by atoms with E-state index in [1.807, 2.05) is 0 Å². The van der Waals surface area contributed by atoms with E-state index in [0.717, 1.165) is 32.5 Å². The number of rotatable bonds is 7. The maximum Gasteiger partial charge on any atom is 0.236 e. The van der Waals surface area contributed by atoms with E-state index in [1.165, 1.54) is 0 Å². The van der Waals surface area contributed by atoms with Crippen molar-refractivity contribution in [2.24, 2.45) is 0 Å². The van der Waals surface area contributed by atoms with Gasteiger partial charge >= 0.3 is 0 Å². The Morgan fingerprint density at radius 3 is 2.83 bits per heavy atom. The maximum atomic E-state index is 12.0. The first-order valence-corrected chi connectivity index (χ1v) is 6.74. The summed E-state index contributed by atoms with van der Waals surface area (Å²) < 4.78 is 0.